The predicted molar refractivity (Wildman–Crippen MR) is 123 cm³/mol. The van der Waals surface area contributed by atoms with E-state index < -0.39 is 5.97 Å². The number of carboxylic acid groups (broad SMARTS) is 1. The number of anilines is 1. The fraction of sp³-hybridized carbons (Fsp3) is 0.375. The Kier molecular flexibility index (Phi) is 7.35. The number of methoxy groups -OCH3 is 2. The van der Waals surface area contributed by atoms with Crippen molar-refractivity contribution in [3.63, 3.8) is 0 Å². The van der Waals surface area contributed by atoms with Crippen molar-refractivity contribution in [2.24, 2.45) is 5.10 Å². The van der Waals surface area contributed by atoms with Crippen LogP contribution in [0.2, 0.25) is 0 Å². The van der Waals surface area contributed by atoms with Crippen LogP contribution in [-0.4, -0.2) is 56.0 Å². The summed E-state index contributed by atoms with van der Waals surface area (Å²) >= 11 is 0. The van der Waals surface area contributed by atoms with Gasteiger partial charge in [0.2, 0.25) is 5.91 Å². The summed E-state index contributed by atoms with van der Waals surface area (Å²) in [4.78, 5) is 25.8. The van der Waals surface area contributed by atoms with E-state index in [2.05, 4.69) is 5.10 Å². The van der Waals surface area contributed by atoms with Crippen LogP contribution >= 0.6 is 0 Å². The lowest BCUT2D eigenvalue weighted by atomic mass is 9.97. The molecule has 0 bridgehead atoms. The van der Waals surface area contributed by atoms with Gasteiger partial charge in [-0.15, -0.1) is 0 Å². The Morgan fingerprint density at radius 1 is 1.06 bits per heavy atom. The minimum atomic E-state index is -0.912. The van der Waals surface area contributed by atoms with Crippen LogP contribution in [0.5, 0.6) is 11.5 Å². The predicted octanol–water partition coefficient (Wildman–Crippen LogP) is 3.70. The van der Waals surface area contributed by atoms with Gasteiger partial charge < -0.3 is 19.5 Å². The van der Waals surface area contributed by atoms with Gasteiger partial charge in [-0.1, -0.05) is 12.1 Å². The molecule has 2 aromatic carbocycles. The first-order valence-electron chi connectivity index (χ1n) is 10.4. The zero-order valence-electron chi connectivity index (χ0n) is 18.9. The van der Waals surface area contributed by atoms with Crippen molar-refractivity contribution >= 4 is 23.3 Å². The number of amides is 1. The van der Waals surface area contributed by atoms with Crippen LogP contribution in [-0.2, 0) is 9.59 Å². The Morgan fingerprint density at radius 2 is 1.75 bits per heavy atom. The highest BCUT2D eigenvalue weighted by atomic mass is 16.5. The molecule has 1 aliphatic rings. The Balaban J connectivity index is 1.90. The van der Waals surface area contributed by atoms with Crippen molar-refractivity contribution in [3.05, 3.63) is 53.6 Å². The van der Waals surface area contributed by atoms with Gasteiger partial charge in [-0.05, 0) is 42.3 Å². The highest BCUT2D eigenvalue weighted by molar-refractivity contribution is 6.03. The van der Waals surface area contributed by atoms with E-state index in [1.807, 2.05) is 61.5 Å². The van der Waals surface area contributed by atoms with Crippen molar-refractivity contribution in [1.82, 2.24) is 5.01 Å². The van der Waals surface area contributed by atoms with Crippen molar-refractivity contribution in [2.75, 3.05) is 33.2 Å². The molecule has 1 aliphatic heterocycles. The van der Waals surface area contributed by atoms with Crippen LogP contribution < -0.4 is 14.4 Å². The Bertz CT molecular complexity index is 1000. The molecular formula is C24H29N3O5. The van der Waals surface area contributed by atoms with Crippen molar-refractivity contribution in [1.29, 1.82) is 0 Å². The summed E-state index contributed by atoms with van der Waals surface area (Å²) in [5.74, 6) is 0.103. The van der Waals surface area contributed by atoms with Crippen LogP contribution in [0.3, 0.4) is 0 Å². The summed E-state index contributed by atoms with van der Waals surface area (Å²) in [6.07, 6.45) is 0.898. The number of hydrogen-bond acceptors (Lipinski definition) is 6. The number of ether oxygens (including phenoxy) is 2. The molecule has 0 spiro atoms. The largest absolute Gasteiger partial charge is 0.493 e. The number of hydrazone groups is 1. The Labute approximate surface area is 188 Å². The van der Waals surface area contributed by atoms with Gasteiger partial charge in [-0.25, -0.2) is 5.01 Å². The second kappa shape index (κ2) is 10.2. The molecule has 8 nitrogen and oxygen atoms in total. The molecule has 1 heterocycles. The number of carboxylic acids is 1. The van der Waals surface area contributed by atoms with Gasteiger partial charge in [0, 0.05) is 44.6 Å². The van der Waals surface area contributed by atoms with E-state index in [9.17, 15) is 9.59 Å². The number of aliphatic carboxylic acids is 1. The van der Waals surface area contributed by atoms with Crippen molar-refractivity contribution < 1.29 is 24.2 Å². The normalized spacial score (nSPS) is 15.3. The second-order valence-electron chi connectivity index (χ2n) is 7.81. The summed E-state index contributed by atoms with van der Waals surface area (Å²) in [6.45, 7) is 0. The molecule has 0 unspecified atom stereocenters. The standard InChI is InChI=1S/C24H29N3O5/c1-26(2)18-11-8-16(9-12-18)20-15-19(17-10-13-21(31-3)22(14-17)32-4)25-27(20)23(28)6-5-7-24(29)30/h8-14,20H,5-7,15H2,1-4H3,(H,29,30)/t20-/m0/s1. The number of carbonyl (C=O) groups excluding carboxylic acids is 1. The van der Waals surface area contributed by atoms with Crippen LogP contribution in [0.15, 0.2) is 47.6 Å². The summed E-state index contributed by atoms with van der Waals surface area (Å²) in [6, 6.07) is 13.3. The molecule has 3 rings (SSSR count). The van der Waals surface area contributed by atoms with E-state index in [-0.39, 0.29) is 31.2 Å². The van der Waals surface area contributed by atoms with Gasteiger partial charge in [0.15, 0.2) is 11.5 Å². The molecule has 1 atom stereocenters. The van der Waals surface area contributed by atoms with Crippen LogP contribution in [0.4, 0.5) is 5.69 Å². The molecular weight excluding hydrogens is 410 g/mol. The van der Waals surface area contributed by atoms with E-state index >= 15 is 0 Å². The molecule has 8 heteroatoms. The topological polar surface area (TPSA) is 91.7 Å². The molecule has 0 aromatic heterocycles. The number of nitrogens with zero attached hydrogens (tertiary/aromatic N) is 3. The fourth-order valence-corrected chi connectivity index (χ4v) is 3.69. The lowest BCUT2D eigenvalue weighted by molar-refractivity contribution is -0.137. The monoisotopic (exact) mass is 439 g/mol. The molecule has 32 heavy (non-hydrogen) atoms. The first-order chi connectivity index (χ1) is 15.3. The molecule has 1 N–H and O–H groups in total. The smallest absolute Gasteiger partial charge is 0.303 e. The van der Waals surface area contributed by atoms with Crippen molar-refractivity contribution in [2.45, 2.75) is 31.7 Å². The van der Waals surface area contributed by atoms with E-state index in [0.717, 1.165) is 22.5 Å². The summed E-state index contributed by atoms with van der Waals surface area (Å²) in [5.41, 5.74) is 3.64. The molecule has 0 fully saturated rings. The van der Waals surface area contributed by atoms with Crippen molar-refractivity contribution in [3.8, 4) is 11.5 Å². The fourth-order valence-electron chi connectivity index (χ4n) is 3.69. The first kappa shape index (κ1) is 23.1. The number of carbonyl (C=O) groups is 2. The van der Waals surface area contributed by atoms with Crippen LogP contribution in [0, 0.1) is 0 Å². The summed E-state index contributed by atoms with van der Waals surface area (Å²) in [5, 5.41) is 15.0. The minimum absolute atomic E-state index is 0.0476. The molecule has 170 valence electrons. The Morgan fingerprint density at radius 3 is 2.34 bits per heavy atom. The summed E-state index contributed by atoms with van der Waals surface area (Å²) < 4.78 is 10.7. The lowest BCUT2D eigenvalue weighted by Gasteiger charge is -2.23. The molecule has 0 radical (unpaired) electrons. The van der Waals surface area contributed by atoms with E-state index in [4.69, 9.17) is 14.6 Å². The van der Waals surface area contributed by atoms with Gasteiger partial charge in [0.05, 0.1) is 26.0 Å². The highest BCUT2D eigenvalue weighted by Gasteiger charge is 2.33. The third-order valence-corrected chi connectivity index (χ3v) is 5.46. The zero-order chi connectivity index (χ0) is 23.3. The third-order valence-electron chi connectivity index (χ3n) is 5.46. The van der Waals surface area contributed by atoms with Gasteiger partial charge in [-0.3, -0.25) is 9.59 Å². The second-order valence-corrected chi connectivity index (χ2v) is 7.81. The quantitative estimate of drug-likeness (QED) is 0.641. The third kappa shape index (κ3) is 5.19. The first-order valence-corrected chi connectivity index (χ1v) is 10.4. The number of hydrogen-bond donors (Lipinski definition) is 1. The van der Waals surface area contributed by atoms with Gasteiger partial charge >= 0.3 is 5.97 Å². The molecule has 0 saturated carbocycles. The maximum absolute atomic E-state index is 13.0. The SMILES string of the molecule is COc1ccc(C2=NN(C(=O)CCCC(=O)O)[C@H](c3ccc(N(C)C)cc3)C2)cc1OC. The lowest BCUT2D eigenvalue weighted by Crippen LogP contribution is -2.27. The molecule has 1 amide bonds. The average Bonchev–Trinajstić information content (AvgIpc) is 3.24. The van der Waals surface area contributed by atoms with E-state index in [1.165, 1.54) is 5.01 Å². The number of benzene rings is 2. The highest BCUT2D eigenvalue weighted by Crippen LogP contribution is 2.36. The van der Waals surface area contributed by atoms with Gasteiger partial charge in [0.25, 0.3) is 0 Å². The maximum atomic E-state index is 13.0. The van der Waals surface area contributed by atoms with E-state index in [0.29, 0.717) is 17.9 Å². The van der Waals surface area contributed by atoms with Crippen LogP contribution in [0.1, 0.15) is 42.9 Å². The number of rotatable bonds is 9. The van der Waals surface area contributed by atoms with Crippen LogP contribution in [0.25, 0.3) is 0 Å². The molecule has 0 saturated heterocycles. The Hall–Kier alpha value is -3.55. The maximum Gasteiger partial charge on any atom is 0.303 e. The summed E-state index contributed by atoms with van der Waals surface area (Å²) in [7, 11) is 7.10. The van der Waals surface area contributed by atoms with Gasteiger partial charge in [-0.2, -0.15) is 5.10 Å². The molecule has 0 aliphatic carbocycles. The van der Waals surface area contributed by atoms with E-state index in [1.54, 1.807) is 14.2 Å². The molecule has 2 aromatic rings. The minimum Gasteiger partial charge on any atom is -0.493 e. The zero-order valence-corrected chi connectivity index (χ0v) is 18.9. The van der Waals surface area contributed by atoms with Gasteiger partial charge in [0.1, 0.15) is 0 Å². The average molecular weight is 440 g/mol.